The number of hydrogen-bond donors (Lipinski definition) is 3. The second-order valence-corrected chi connectivity index (χ2v) is 7.58. The molecule has 0 saturated heterocycles. The van der Waals surface area contributed by atoms with Gasteiger partial charge in [-0.1, -0.05) is 96.8 Å². The maximum absolute atomic E-state index is 11.9. The summed E-state index contributed by atoms with van der Waals surface area (Å²) < 4.78 is 0. The first-order valence-electron chi connectivity index (χ1n) is 11.2. The Bertz CT molecular complexity index is 297. The van der Waals surface area contributed by atoms with Crippen LogP contribution in [0.2, 0.25) is 0 Å². The minimum absolute atomic E-state index is 0.0112. The largest absolute Gasteiger partial charge is 0.395 e. The summed E-state index contributed by atoms with van der Waals surface area (Å²) in [5.74, 6) is 0.0654. The SMILES string of the molecule is CCCCCCCCCCCCCCCCCC(=O)C(CO)NCCO. The molecule has 4 heteroatoms. The number of nitrogens with one attached hydrogen (secondary N) is 1. The number of carbonyl (C=O) groups is 1. The summed E-state index contributed by atoms with van der Waals surface area (Å²) in [5.41, 5.74) is 0. The second kappa shape index (κ2) is 20.9. The van der Waals surface area contributed by atoms with E-state index in [1.165, 1.54) is 83.5 Å². The molecule has 0 saturated carbocycles. The molecule has 1 atom stereocenters. The molecule has 156 valence electrons. The minimum atomic E-state index is -0.506. The molecule has 0 fully saturated rings. The quantitative estimate of drug-likeness (QED) is 0.254. The Balaban J connectivity index is 3.27. The minimum Gasteiger partial charge on any atom is -0.395 e. The topological polar surface area (TPSA) is 69.6 Å². The van der Waals surface area contributed by atoms with E-state index in [0.29, 0.717) is 13.0 Å². The summed E-state index contributed by atoms with van der Waals surface area (Å²) in [4.78, 5) is 11.9. The van der Waals surface area contributed by atoms with E-state index in [9.17, 15) is 9.90 Å². The predicted molar refractivity (Wildman–Crippen MR) is 111 cm³/mol. The number of rotatable bonds is 21. The average Bonchev–Trinajstić information content (AvgIpc) is 2.65. The van der Waals surface area contributed by atoms with Crippen LogP contribution in [0.1, 0.15) is 110 Å². The van der Waals surface area contributed by atoms with Gasteiger partial charge in [-0.25, -0.2) is 0 Å². The van der Waals surface area contributed by atoms with Crippen LogP contribution in [-0.4, -0.2) is 41.8 Å². The van der Waals surface area contributed by atoms with E-state index in [1.807, 2.05) is 0 Å². The molecule has 0 spiro atoms. The number of carbonyl (C=O) groups excluding carboxylic acids is 1. The molecule has 0 heterocycles. The molecule has 4 nitrogen and oxygen atoms in total. The van der Waals surface area contributed by atoms with Crippen LogP contribution in [-0.2, 0) is 4.79 Å². The van der Waals surface area contributed by atoms with Gasteiger partial charge in [0.15, 0.2) is 5.78 Å². The van der Waals surface area contributed by atoms with Crippen molar-refractivity contribution in [2.24, 2.45) is 0 Å². The fraction of sp³-hybridized carbons (Fsp3) is 0.955. The van der Waals surface area contributed by atoms with E-state index in [4.69, 9.17) is 5.11 Å². The molecule has 0 radical (unpaired) electrons. The zero-order valence-corrected chi connectivity index (χ0v) is 17.3. The lowest BCUT2D eigenvalue weighted by molar-refractivity contribution is -0.122. The highest BCUT2D eigenvalue weighted by Crippen LogP contribution is 2.13. The van der Waals surface area contributed by atoms with Gasteiger partial charge in [-0.15, -0.1) is 0 Å². The molecular formula is C22H45NO3. The van der Waals surface area contributed by atoms with E-state index >= 15 is 0 Å². The van der Waals surface area contributed by atoms with Gasteiger partial charge >= 0.3 is 0 Å². The van der Waals surface area contributed by atoms with Gasteiger partial charge in [-0.05, 0) is 6.42 Å². The van der Waals surface area contributed by atoms with Gasteiger partial charge in [0.2, 0.25) is 0 Å². The molecule has 0 aromatic carbocycles. The molecule has 0 aromatic heterocycles. The Hall–Kier alpha value is -0.450. The van der Waals surface area contributed by atoms with Crippen molar-refractivity contribution in [1.82, 2.24) is 5.32 Å². The predicted octanol–water partition coefficient (Wildman–Crippen LogP) is 4.76. The van der Waals surface area contributed by atoms with Crippen molar-refractivity contribution >= 4 is 5.78 Å². The van der Waals surface area contributed by atoms with Crippen molar-refractivity contribution in [2.75, 3.05) is 19.8 Å². The van der Waals surface area contributed by atoms with Crippen LogP contribution in [0.4, 0.5) is 0 Å². The Morgan fingerprint density at radius 2 is 1.15 bits per heavy atom. The fourth-order valence-electron chi connectivity index (χ4n) is 3.36. The maximum Gasteiger partial charge on any atom is 0.152 e. The van der Waals surface area contributed by atoms with Gasteiger partial charge in [-0.2, -0.15) is 0 Å². The Kier molecular flexibility index (Phi) is 20.5. The molecule has 0 bridgehead atoms. The van der Waals surface area contributed by atoms with Crippen LogP contribution >= 0.6 is 0 Å². The summed E-state index contributed by atoms with van der Waals surface area (Å²) in [6, 6.07) is -0.506. The highest BCUT2D eigenvalue weighted by Gasteiger charge is 2.15. The fourth-order valence-corrected chi connectivity index (χ4v) is 3.36. The van der Waals surface area contributed by atoms with Crippen LogP contribution < -0.4 is 5.32 Å². The van der Waals surface area contributed by atoms with E-state index in [0.717, 1.165) is 12.8 Å². The van der Waals surface area contributed by atoms with Crippen molar-refractivity contribution < 1.29 is 15.0 Å². The third-order valence-electron chi connectivity index (χ3n) is 5.10. The molecule has 0 aliphatic rings. The number of ketones is 1. The lowest BCUT2D eigenvalue weighted by Gasteiger charge is -2.14. The van der Waals surface area contributed by atoms with E-state index in [-0.39, 0.29) is 19.0 Å². The first-order chi connectivity index (χ1) is 12.8. The van der Waals surface area contributed by atoms with Gasteiger partial charge in [0, 0.05) is 13.0 Å². The molecule has 26 heavy (non-hydrogen) atoms. The monoisotopic (exact) mass is 371 g/mol. The Morgan fingerprint density at radius 1 is 0.731 bits per heavy atom. The van der Waals surface area contributed by atoms with E-state index in [2.05, 4.69) is 12.2 Å². The average molecular weight is 372 g/mol. The number of unbranched alkanes of at least 4 members (excludes halogenated alkanes) is 14. The normalized spacial score (nSPS) is 12.4. The number of aliphatic hydroxyl groups excluding tert-OH is 2. The lowest BCUT2D eigenvalue weighted by Crippen LogP contribution is -2.41. The van der Waals surface area contributed by atoms with E-state index < -0.39 is 6.04 Å². The summed E-state index contributed by atoms with van der Waals surface area (Å²) >= 11 is 0. The zero-order valence-electron chi connectivity index (χ0n) is 17.3. The molecule has 0 aromatic rings. The van der Waals surface area contributed by atoms with Crippen LogP contribution in [0, 0.1) is 0 Å². The first kappa shape index (κ1) is 25.6. The van der Waals surface area contributed by atoms with Crippen molar-refractivity contribution in [3.8, 4) is 0 Å². The molecule has 0 aliphatic heterocycles. The van der Waals surface area contributed by atoms with Crippen molar-refractivity contribution in [3.63, 3.8) is 0 Å². The lowest BCUT2D eigenvalue weighted by atomic mass is 10.0. The van der Waals surface area contributed by atoms with Gasteiger partial charge in [0.05, 0.1) is 19.3 Å². The molecule has 0 rings (SSSR count). The van der Waals surface area contributed by atoms with Crippen molar-refractivity contribution in [2.45, 2.75) is 116 Å². The Labute approximate surface area is 162 Å². The maximum atomic E-state index is 11.9. The van der Waals surface area contributed by atoms with Gasteiger partial charge in [-0.3, -0.25) is 4.79 Å². The van der Waals surface area contributed by atoms with Crippen LogP contribution in [0.5, 0.6) is 0 Å². The van der Waals surface area contributed by atoms with Gasteiger partial charge < -0.3 is 15.5 Å². The number of hydrogen-bond acceptors (Lipinski definition) is 4. The first-order valence-corrected chi connectivity index (χ1v) is 11.2. The van der Waals surface area contributed by atoms with Crippen LogP contribution in [0.3, 0.4) is 0 Å². The number of aliphatic hydroxyl groups is 2. The van der Waals surface area contributed by atoms with E-state index in [1.54, 1.807) is 0 Å². The highest BCUT2D eigenvalue weighted by molar-refractivity contribution is 5.84. The summed E-state index contributed by atoms with van der Waals surface area (Å²) in [6.07, 6.45) is 20.3. The summed E-state index contributed by atoms with van der Waals surface area (Å²) in [6.45, 7) is 2.43. The molecule has 0 amide bonds. The molecule has 1 unspecified atom stereocenters. The summed E-state index contributed by atoms with van der Waals surface area (Å²) in [7, 11) is 0. The second-order valence-electron chi connectivity index (χ2n) is 7.58. The van der Waals surface area contributed by atoms with Crippen molar-refractivity contribution in [3.05, 3.63) is 0 Å². The zero-order chi connectivity index (χ0) is 19.3. The highest BCUT2D eigenvalue weighted by atomic mass is 16.3. The van der Waals surface area contributed by atoms with Crippen LogP contribution in [0.15, 0.2) is 0 Å². The number of Topliss-reactive ketones (excluding diaryl/α,β-unsaturated/α-hetero) is 1. The van der Waals surface area contributed by atoms with Gasteiger partial charge in [0.25, 0.3) is 0 Å². The smallest absolute Gasteiger partial charge is 0.152 e. The molecule has 0 aliphatic carbocycles. The summed E-state index contributed by atoms with van der Waals surface area (Å²) in [5, 5.41) is 20.8. The Morgan fingerprint density at radius 3 is 1.54 bits per heavy atom. The molecular weight excluding hydrogens is 326 g/mol. The van der Waals surface area contributed by atoms with Crippen LogP contribution in [0.25, 0.3) is 0 Å². The van der Waals surface area contributed by atoms with Gasteiger partial charge in [0.1, 0.15) is 0 Å². The van der Waals surface area contributed by atoms with Crippen molar-refractivity contribution in [1.29, 1.82) is 0 Å². The standard InChI is InChI=1S/C22H45NO3/c1-2-3-4-5-6-7-8-9-10-11-12-13-14-15-16-17-22(26)21(20-25)23-18-19-24/h21,23-25H,2-20H2,1H3. The molecule has 3 N–H and O–H groups in total. The third-order valence-corrected chi connectivity index (χ3v) is 5.10. The third kappa shape index (κ3) is 17.0.